The standard InChI is InChI=1S/C15H17N3O2/c1-5-9-12-13(7-3)17-15(20)18(14(12)19)10-11(6-2)16-8-4/h5-9H,1-2,4,10H2,3H3,(H,17,20)/b12-9+,13-7+,16-11?. The number of hydrogen-bond acceptors (Lipinski definition) is 3. The van der Waals surface area contributed by atoms with Crippen LogP contribution in [0.1, 0.15) is 6.92 Å². The van der Waals surface area contributed by atoms with E-state index in [1.165, 1.54) is 18.4 Å². The molecule has 0 saturated carbocycles. The highest BCUT2D eigenvalue weighted by Crippen LogP contribution is 1.84. The lowest BCUT2D eigenvalue weighted by molar-refractivity contribution is 0.720. The minimum atomic E-state index is -0.497. The van der Waals surface area contributed by atoms with Crippen molar-refractivity contribution in [2.24, 2.45) is 4.99 Å². The summed E-state index contributed by atoms with van der Waals surface area (Å²) in [7, 11) is 0. The van der Waals surface area contributed by atoms with Gasteiger partial charge in [0.05, 0.1) is 22.8 Å². The molecule has 104 valence electrons. The highest BCUT2D eigenvalue weighted by molar-refractivity contribution is 5.94. The summed E-state index contributed by atoms with van der Waals surface area (Å²) in [5.41, 5.74) is -0.423. The van der Waals surface area contributed by atoms with Gasteiger partial charge in [-0.1, -0.05) is 31.9 Å². The zero-order chi connectivity index (χ0) is 15.1. The van der Waals surface area contributed by atoms with Crippen LogP contribution >= 0.6 is 0 Å². The summed E-state index contributed by atoms with van der Waals surface area (Å²) in [5.74, 6) is 0. The Hall–Kier alpha value is -2.69. The SMILES string of the molecule is C=C/C=c1/c(=O)n(CC(C=C)=NC=C)c(=O)[nH]/c1=C/C. The van der Waals surface area contributed by atoms with E-state index in [0.29, 0.717) is 16.3 Å². The summed E-state index contributed by atoms with van der Waals surface area (Å²) in [5, 5.41) is 0.848. The molecule has 0 bridgehead atoms. The summed E-state index contributed by atoms with van der Waals surface area (Å²) in [6.07, 6.45) is 7.53. The first-order valence-electron chi connectivity index (χ1n) is 6.01. The maximum absolute atomic E-state index is 12.3. The average Bonchev–Trinajstić information content (AvgIpc) is 2.45. The smallest absolute Gasteiger partial charge is 0.307 e. The number of rotatable bonds is 5. The summed E-state index contributed by atoms with van der Waals surface area (Å²) >= 11 is 0. The van der Waals surface area contributed by atoms with E-state index in [-0.39, 0.29) is 6.54 Å². The molecule has 20 heavy (non-hydrogen) atoms. The van der Waals surface area contributed by atoms with E-state index in [1.807, 2.05) is 0 Å². The van der Waals surface area contributed by atoms with E-state index in [0.717, 1.165) is 4.57 Å². The van der Waals surface area contributed by atoms with Crippen LogP contribution in [-0.4, -0.2) is 15.3 Å². The Bertz CT molecular complexity index is 792. The number of nitrogens with zero attached hydrogens (tertiary/aromatic N) is 2. The molecule has 0 aromatic carbocycles. The zero-order valence-electron chi connectivity index (χ0n) is 11.4. The van der Waals surface area contributed by atoms with Crippen LogP contribution < -0.4 is 21.8 Å². The molecule has 0 aliphatic carbocycles. The van der Waals surface area contributed by atoms with Crippen LogP contribution in [0.25, 0.3) is 12.2 Å². The van der Waals surface area contributed by atoms with Gasteiger partial charge in [-0.2, -0.15) is 0 Å². The van der Waals surface area contributed by atoms with E-state index in [9.17, 15) is 9.59 Å². The molecule has 0 radical (unpaired) electrons. The van der Waals surface area contributed by atoms with Crippen molar-refractivity contribution in [1.29, 1.82) is 0 Å². The lowest BCUT2D eigenvalue weighted by atomic mass is 10.3. The van der Waals surface area contributed by atoms with E-state index in [1.54, 1.807) is 19.1 Å². The number of nitrogens with one attached hydrogen (secondary N) is 1. The highest BCUT2D eigenvalue weighted by atomic mass is 16.2. The number of H-pyrrole nitrogens is 1. The molecule has 0 fully saturated rings. The van der Waals surface area contributed by atoms with Crippen LogP contribution in [0.15, 0.2) is 52.7 Å². The molecule has 0 unspecified atom stereocenters. The minimum absolute atomic E-state index is 0.0334. The summed E-state index contributed by atoms with van der Waals surface area (Å²) in [4.78, 5) is 30.9. The molecular weight excluding hydrogens is 254 g/mol. The number of aromatic nitrogens is 2. The van der Waals surface area contributed by atoms with Crippen molar-refractivity contribution in [3.8, 4) is 0 Å². The molecule has 0 aliphatic heterocycles. The predicted octanol–water partition coefficient (Wildman–Crippen LogP) is 0.0740. The third kappa shape index (κ3) is 3.20. The first kappa shape index (κ1) is 15.4. The van der Waals surface area contributed by atoms with Gasteiger partial charge in [-0.15, -0.1) is 0 Å². The summed E-state index contributed by atoms with van der Waals surface area (Å²) in [6.45, 7) is 12.4. The van der Waals surface area contributed by atoms with E-state index >= 15 is 0 Å². The molecule has 0 saturated heterocycles. The lowest BCUT2D eigenvalue weighted by Crippen LogP contribution is -2.54. The predicted molar refractivity (Wildman–Crippen MR) is 83.2 cm³/mol. The first-order chi connectivity index (χ1) is 9.58. The van der Waals surface area contributed by atoms with Crippen LogP contribution in [0.3, 0.4) is 0 Å². The molecule has 1 heterocycles. The van der Waals surface area contributed by atoms with Gasteiger partial charge in [0, 0.05) is 6.20 Å². The van der Waals surface area contributed by atoms with Crippen molar-refractivity contribution >= 4 is 17.9 Å². The molecular formula is C15H17N3O2. The van der Waals surface area contributed by atoms with Crippen LogP contribution in [0.5, 0.6) is 0 Å². The average molecular weight is 271 g/mol. The van der Waals surface area contributed by atoms with Gasteiger partial charge in [-0.05, 0) is 19.1 Å². The van der Waals surface area contributed by atoms with Crippen LogP contribution in [-0.2, 0) is 6.54 Å². The third-order valence-electron chi connectivity index (χ3n) is 2.64. The maximum Gasteiger partial charge on any atom is 0.329 e. The maximum atomic E-state index is 12.3. The summed E-state index contributed by atoms with van der Waals surface area (Å²) < 4.78 is 1.06. The van der Waals surface area contributed by atoms with Crippen LogP contribution in [0, 0.1) is 0 Å². The Kier molecular flexibility index (Phi) is 5.41. The van der Waals surface area contributed by atoms with Crippen molar-refractivity contribution in [1.82, 2.24) is 9.55 Å². The highest BCUT2D eigenvalue weighted by Gasteiger charge is 2.06. The molecule has 1 aromatic rings. The van der Waals surface area contributed by atoms with Gasteiger partial charge in [0.2, 0.25) is 0 Å². The molecule has 5 nitrogen and oxygen atoms in total. The monoisotopic (exact) mass is 271 g/mol. The van der Waals surface area contributed by atoms with E-state index in [2.05, 4.69) is 29.7 Å². The Labute approximate surface area is 116 Å². The van der Waals surface area contributed by atoms with Gasteiger partial charge < -0.3 is 4.98 Å². The topological polar surface area (TPSA) is 67.2 Å². The summed E-state index contributed by atoms with van der Waals surface area (Å²) in [6, 6.07) is 0. The Balaban J connectivity index is 3.67. The van der Waals surface area contributed by atoms with Gasteiger partial charge in [-0.3, -0.25) is 14.4 Å². The first-order valence-corrected chi connectivity index (χ1v) is 6.01. The molecule has 0 atom stereocenters. The second-order valence-electron chi connectivity index (χ2n) is 3.85. The van der Waals surface area contributed by atoms with Crippen molar-refractivity contribution in [3.05, 3.63) is 69.5 Å². The number of aromatic amines is 1. The zero-order valence-corrected chi connectivity index (χ0v) is 11.4. The fourth-order valence-electron chi connectivity index (χ4n) is 1.69. The van der Waals surface area contributed by atoms with Gasteiger partial charge in [0.15, 0.2) is 0 Å². The minimum Gasteiger partial charge on any atom is -0.307 e. The third-order valence-corrected chi connectivity index (χ3v) is 2.64. The molecule has 0 aliphatic rings. The quantitative estimate of drug-likeness (QED) is 0.770. The molecule has 0 spiro atoms. The second-order valence-corrected chi connectivity index (χ2v) is 3.85. The molecule has 1 rings (SSSR count). The van der Waals surface area contributed by atoms with Crippen molar-refractivity contribution in [3.63, 3.8) is 0 Å². The lowest BCUT2D eigenvalue weighted by Gasteiger charge is -2.04. The molecule has 5 heteroatoms. The Morgan fingerprint density at radius 3 is 2.55 bits per heavy atom. The fraction of sp³-hybridized carbons (Fsp3) is 0.133. The number of hydrogen-bond donors (Lipinski definition) is 1. The molecule has 1 aromatic heterocycles. The van der Waals surface area contributed by atoms with Crippen molar-refractivity contribution in [2.45, 2.75) is 13.5 Å². The van der Waals surface area contributed by atoms with E-state index in [4.69, 9.17) is 0 Å². The largest absolute Gasteiger partial charge is 0.329 e. The Morgan fingerprint density at radius 1 is 1.35 bits per heavy atom. The van der Waals surface area contributed by atoms with Crippen LogP contribution in [0.4, 0.5) is 0 Å². The fourth-order valence-corrected chi connectivity index (χ4v) is 1.69. The van der Waals surface area contributed by atoms with Crippen molar-refractivity contribution < 1.29 is 0 Å². The molecule has 1 N–H and O–H groups in total. The Morgan fingerprint density at radius 2 is 2.05 bits per heavy atom. The second kappa shape index (κ2) is 7.04. The number of allylic oxidation sites excluding steroid dienone is 2. The number of aliphatic imine (C=N–C) groups is 1. The van der Waals surface area contributed by atoms with E-state index < -0.39 is 11.2 Å². The van der Waals surface area contributed by atoms with Crippen molar-refractivity contribution in [2.75, 3.05) is 0 Å². The molecule has 0 amide bonds. The van der Waals surface area contributed by atoms with Gasteiger partial charge in [0.1, 0.15) is 0 Å². The van der Waals surface area contributed by atoms with Gasteiger partial charge >= 0.3 is 5.69 Å². The van der Waals surface area contributed by atoms with Gasteiger partial charge in [-0.25, -0.2) is 4.79 Å². The van der Waals surface area contributed by atoms with Gasteiger partial charge in [0.25, 0.3) is 5.56 Å². The normalized spacial score (nSPS) is 13.3. The van der Waals surface area contributed by atoms with Crippen LogP contribution in [0.2, 0.25) is 0 Å².